The Morgan fingerprint density at radius 2 is 2.12 bits per heavy atom. The van der Waals surface area contributed by atoms with Crippen LogP contribution in [-0.4, -0.2) is 21.2 Å². The molecule has 0 fully saturated rings. The molecule has 0 atom stereocenters. The Kier molecular flexibility index (Phi) is 4.20. The Bertz CT molecular complexity index is 1050. The summed E-state index contributed by atoms with van der Waals surface area (Å²) in [6.07, 6.45) is 5.58. The van der Waals surface area contributed by atoms with Gasteiger partial charge in [-0.05, 0) is 44.2 Å². The number of aromatic nitrogens is 2. The summed E-state index contributed by atoms with van der Waals surface area (Å²) < 4.78 is 1.69. The van der Waals surface area contributed by atoms with Gasteiger partial charge in [0.2, 0.25) is 0 Å². The number of rotatable bonds is 3. The molecular weight excluding hydrogens is 372 g/mol. The molecule has 3 N–H and O–H groups in total. The second-order valence-corrected chi connectivity index (χ2v) is 7.89. The molecule has 0 bridgehead atoms. The van der Waals surface area contributed by atoms with E-state index in [0.717, 1.165) is 36.1 Å². The van der Waals surface area contributed by atoms with Gasteiger partial charge in [-0.2, -0.15) is 0 Å². The third-order valence-electron chi connectivity index (χ3n) is 4.62. The molecule has 3 aromatic rings. The zero-order valence-corrected chi connectivity index (χ0v) is 15.7. The largest absolute Gasteiger partial charge is 0.365 e. The van der Waals surface area contributed by atoms with Crippen molar-refractivity contribution in [2.45, 2.75) is 32.6 Å². The molecular formula is C18H17ClN4O2S. The molecule has 8 heteroatoms. The van der Waals surface area contributed by atoms with E-state index < -0.39 is 5.91 Å². The summed E-state index contributed by atoms with van der Waals surface area (Å²) >= 11 is 7.45. The molecule has 2 amide bonds. The number of imidazole rings is 1. The van der Waals surface area contributed by atoms with Crippen LogP contribution in [0.2, 0.25) is 5.02 Å². The number of hydrogen-bond acceptors (Lipinski definition) is 4. The number of fused-ring (bicyclic) bond motifs is 2. The normalized spacial score (nSPS) is 13.6. The Morgan fingerprint density at radius 1 is 1.35 bits per heavy atom. The summed E-state index contributed by atoms with van der Waals surface area (Å²) in [5.41, 5.74) is 8.64. The number of anilines is 1. The summed E-state index contributed by atoms with van der Waals surface area (Å²) in [6, 6.07) is 3.40. The molecule has 3 heterocycles. The van der Waals surface area contributed by atoms with Crippen LogP contribution in [-0.2, 0) is 12.8 Å². The number of primary amides is 1. The van der Waals surface area contributed by atoms with E-state index in [9.17, 15) is 9.59 Å². The lowest BCUT2D eigenvalue weighted by atomic mass is 9.95. The minimum Gasteiger partial charge on any atom is -0.365 e. The molecule has 1 aliphatic rings. The molecule has 4 rings (SSSR count). The van der Waals surface area contributed by atoms with E-state index in [1.54, 1.807) is 29.7 Å². The summed E-state index contributed by atoms with van der Waals surface area (Å²) in [6.45, 7) is 1.77. The molecule has 3 aromatic heterocycles. The first-order valence-electron chi connectivity index (χ1n) is 8.35. The average molecular weight is 389 g/mol. The van der Waals surface area contributed by atoms with Gasteiger partial charge in [0.25, 0.3) is 11.8 Å². The van der Waals surface area contributed by atoms with Gasteiger partial charge in [-0.3, -0.25) is 14.0 Å². The van der Waals surface area contributed by atoms with Crippen LogP contribution < -0.4 is 11.1 Å². The summed E-state index contributed by atoms with van der Waals surface area (Å²) in [5, 5.41) is 3.96. The summed E-state index contributed by atoms with van der Waals surface area (Å²) in [5.74, 6) is -0.820. The van der Waals surface area contributed by atoms with E-state index >= 15 is 0 Å². The van der Waals surface area contributed by atoms with Crippen LogP contribution in [0, 0.1) is 6.92 Å². The third-order valence-corrected chi connectivity index (χ3v) is 6.06. The minimum atomic E-state index is -0.499. The third kappa shape index (κ3) is 2.77. The van der Waals surface area contributed by atoms with Gasteiger partial charge >= 0.3 is 0 Å². The van der Waals surface area contributed by atoms with Crippen LogP contribution in [0.4, 0.5) is 5.00 Å². The first-order chi connectivity index (χ1) is 12.5. The number of amides is 2. The van der Waals surface area contributed by atoms with Crippen LogP contribution in [0.5, 0.6) is 0 Å². The Balaban J connectivity index is 1.75. The molecule has 26 heavy (non-hydrogen) atoms. The molecule has 0 saturated heterocycles. The van der Waals surface area contributed by atoms with Crippen molar-refractivity contribution < 1.29 is 9.59 Å². The number of hydrogen-bond donors (Lipinski definition) is 2. The molecule has 0 saturated carbocycles. The molecule has 1 aliphatic carbocycles. The van der Waals surface area contributed by atoms with Gasteiger partial charge in [-0.25, -0.2) is 4.98 Å². The number of pyridine rings is 1. The summed E-state index contributed by atoms with van der Waals surface area (Å²) in [4.78, 5) is 30.4. The number of carbonyl (C=O) groups is 2. The molecule has 6 nitrogen and oxygen atoms in total. The van der Waals surface area contributed by atoms with Crippen molar-refractivity contribution >= 4 is 45.4 Å². The van der Waals surface area contributed by atoms with Crippen molar-refractivity contribution in [1.82, 2.24) is 9.38 Å². The van der Waals surface area contributed by atoms with Crippen LogP contribution in [0.15, 0.2) is 18.3 Å². The average Bonchev–Trinajstić information content (AvgIpc) is 3.10. The zero-order chi connectivity index (χ0) is 18.4. The van der Waals surface area contributed by atoms with Crippen LogP contribution in [0.1, 0.15) is 49.8 Å². The maximum Gasteiger partial charge on any atom is 0.275 e. The monoisotopic (exact) mass is 388 g/mol. The summed E-state index contributed by atoms with van der Waals surface area (Å²) in [7, 11) is 0. The van der Waals surface area contributed by atoms with Gasteiger partial charge in [0.05, 0.1) is 11.3 Å². The maximum absolute atomic E-state index is 12.9. The van der Waals surface area contributed by atoms with Crippen molar-refractivity contribution in [2.75, 3.05) is 5.32 Å². The Morgan fingerprint density at radius 3 is 2.88 bits per heavy atom. The molecule has 0 aromatic carbocycles. The highest BCUT2D eigenvalue weighted by molar-refractivity contribution is 7.17. The first kappa shape index (κ1) is 17.1. The standard InChI is InChI=1S/C18H17ClN4O2S/c1-9-15(23-7-6-10(19)8-13(23)21-9)17(25)22-18-14(16(20)24)11-4-2-3-5-12(11)26-18/h6-8H,2-5H2,1H3,(H2,20,24)(H,22,25). The van der Waals surface area contributed by atoms with E-state index in [0.29, 0.717) is 32.6 Å². The second kappa shape index (κ2) is 6.41. The SMILES string of the molecule is Cc1nc2cc(Cl)ccn2c1C(=O)Nc1sc2c(c1C(N)=O)CCCC2. The van der Waals surface area contributed by atoms with Gasteiger partial charge in [-0.1, -0.05) is 11.6 Å². The number of aryl methyl sites for hydroxylation is 2. The van der Waals surface area contributed by atoms with Crippen LogP contribution >= 0.6 is 22.9 Å². The lowest BCUT2D eigenvalue weighted by molar-refractivity contribution is 0.100. The molecule has 134 valence electrons. The van der Waals surface area contributed by atoms with E-state index in [1.807, 2.05) is 0 Å². The number of nitrogens with zero attached hydrogens (tertiary/aromatic N) is 2. The van der Waals surface area contributed by atoms with Gasteiger partial charge in [0, 0.05) is 22.2 Å². The van der Waals surface area contributed by atoms with Gasteiger partial charge in [0.1, 0.15) is 16.3 Å². The lowest BCUT2D eigenvalue weighted by Gasteiger charge is -2.11. The van der Waals surface area contributed by atoms with Crippen molar-refractivity contribution in [2.24, 2.45) is 5.73 Å². The quantitative estimate of drug-likeness (QED) is 0.718. The lowest BCUT2D eigenvalue weighted by Crippen LogP contribution is -2.20. The number of thiophene rings is 1. The number of halogens is 1. The zero-order valence-electron chi connectivity index (χ0n) is 14.1. The van der Waals surface area contributed by atoms with Gasteiger partial charge in [0.15, 0.2) is 0 Å². The molecule has 0 radical (unpaired) electrons. The highest BCUT2D eigenvalue weighted by atomic mass is 35.5. The van der Waals surface area contributed by atoms with Crippen molar-refractivity contribution in [3.05, 3.63) is 50.7 Å². The van der Waals surface area contributed by atoms with Gasteiger partial charge < -0.3 is 11.1 Å². The smallest absolute Gasteiger partial charge is 0.275 e. The minimum absolute atomic E-state index is 0.321. The predicted octanol–water partition coefficient (Wildman–Crippen LogP) is 3.59. The first-order valence-corrected chi connectivity index (χ1v) is 9.55. The predicted molar refractivity (Wildman–Crippen MR) is 102 cm³/mol. The van der Waals surface area contributed by atoms with Crippen molar-refractivity contribution in [3.63, 3.8) is 0 Å². The Labute approximate surface area is 159 Å². The topological polar surface area (TPSA) is 89.5 Å². The van der Waals surface area contributed by atoms with E-state index in [-0.39, 0.29) is 5.91 Å². The number of nitrogens with one attached hydrogen (secondary N) is 1. The van der Waals surface area contributed by atoms with Crippen LogP contribution in [0.3, 0.4) is 0 Å². The van der Waals surface area contributed by atoms with Gasteiger partial charge in [-0.15, -0.1) is 11.3 Å². The highest BCUT2D eigenvalue weighted by Crippen LogP contribution is 2.38. The molecule has 0 aliphatic heterocycles. The molecule has 0 spiro atoms. The van der Waals surface area contributed by atoms with Crippen molar-refractivity contribution in [1.29, 1.82) is 0 Å². The maximum atomic E-state index is 12.9. The van der Waals surface area contributed by atoms with E-state index in [4.69, 9.17) is 17.3 Å². The van der Waals surface area contributed by atoms with E-state index in [1.165, 1.54) is 11.3 Å². The fourth-order valence-corrected chi connectivity index (χ4v) is 4.93. The van der Waals surface area contributed by atoms with Crippen LogP contribution in [0.25, 0.3) is 5.65 Å². The second-order valence-electron chi connectivity index (χ2n) is 6.35. The fraction of sp³-hybridized carbons (Fsp3) is 0.278. The van der Waals surface area contributed by atoms with E-state index in [2.05, 4.69) is 10.3 Å². The number of nitrogens with two attached hydrogens (primary N) is 1. The highest BCUT2D eigenvalue weighted by Gasteiger charge is 2.26. The fourth-order valence-electron chi connectivity index (χ4n) is 3.49. The number of carbonyl (C=O) groups excluding carboxylic acids is 2. The van der Waals surface area contributed by atoms with Crippen molar-refractivity contribution in [3.8, 4) is 0 Å². The Hall–Kier alpha value is -2.38. The molecule has 0 unspecified atom stereocenters.